The summed E-state index contributed by atoms with van der Waals surface area (Å²) in [4.78, 5) is 13.9. The number of nitrogens with zero attached hydrogens (tertiary/aromatic N) is 1. The molecule has 5 heteroatoms. The Labute approximate surface area is 118 Å². The fraction of sp³-hybridized carbons (Fsp3) is 0.500. The van der Waals surface area contributed by atoms with Crippen molar-refractivity contribution in [1.29, 1.82) is 0 Å². The van der Waals surface area contributed by atoms with Crippen molar-refractivity contribution in [2.24, 2.45) is 5.73 Å². The molecule has 0 unspecified atom stereocenters. The zero-order valence-corrected chi connectivity index (χ0v) is 12.1. The third-order valence-electron chi connectivity index (χ3n) is 3.57. The normalized spacial score (nSPS) is 16.6. The van der Waals surface area contributed by atoms with Crippen molar-refractivity contribution < 1.29 is 4.79 Å². The van der Waals surface area contributed by atoms with Crippen LogP contribution >= 0.6 is 11.6 Å². The molecule has 0 aliphatic heterocycles. The van der Waals surface area contributed by atoms with Gasteiger partial charge in [0, 0.05) is 26.1 Å². The molecule has 1 aromatic rings. The van der Waals surface area contributed by atoms with E-state index in [9.17, 15) is 4.79 Å². The lowest BCUT2D eigenvalue weighted by atomic mass is 9.75. The van der Waals surface area contributed by atoms with Crippen LogP contribution in [0.1, 0.15) is 25.7 Å². The summed E-state index contributed by atoms with van der Waals surface area (Å²) in [6, 6.07) is 5.48. The van der Waals surface area contributed by atoms with E-state index in [1.807, 2.05) is 37.2 Å². The Morgan fingerprint density at radius 2 is 2.16 bits per heavy atom. The van der Waals surface area contributed by atoms with E-state index in [2.05, 4.69) is 5.32 Å². The molecule has 0 radical (unpaired) electrons. The maximum atomic E-state index is 12.1. The van der Waals surface area contributed by atoms with Crippen LogP contribution in [0.15, 0.2) is 18.2 Å². The molecule has 1 amide bonds. The van der Waals surface area contributed by atoms with Gasteiger partial charge in [0.2, 0.25) is 5.91 Å². The standard InChI is InChI=1S/C14H20ClN3O/c1-18(2)13-10(15)5-3-6-11(13)17-12(19)9-14(16)7-4-8-14/h3,5-6H,4,7-9,16H2,1-2H3,(H,17,19). The molecule has 1 aliphatic carbocycles. The molecule has 0 spiro atoms. The van der Waals surface area contributed by atoms with Crippen molar-refractivity contribution in [2.45, 2.75) is 31.2 Å². The number of hydrogen-bond donors (Lipinski definition) is 2. The van der Waals surface area contributed by atoms with E-state index in [-0.39, 0.29) is 11.4 Å². The van der Waals surface area contributed by atoms with E-state index < -0.39 is 0 Å². The number of hydrogen-bond acceptors (Lipinski definition) is 3. The lowest BCUT2D eigenvalue weighted by molar-refractivity contribution is -0.118. The van der Waals surface area contributed by atoms with Gasteiger partial charge in [-0.2, -0.15) is 0 Å². The van der Waals surface area contributed by atoms with Crippen LogP contribution in [0.25, 0.3) is 0 Å². The first kappa shape index (κ1) is 14.2. The number of halogens is 1. The molecule has 0 saturated heterocycles. The van der Waals surface area contributed by atoms with Crippen molar-refractivity contribution in [2.75, 3.05) is 24.3 Å². The zero-order valence-electron chi connectivity index (χ0n) is 11.4. The summed E-state index contributed by atoms with van der Waals surface area (Å²) in [7, 11) is 3.79. The first-order chi connectivity index (χ1) is 8.91. The molecule has 1 aliphatic rings. The second-order valence-electron chi connectivity index (χ2n) is 5.47. The third-order valence-corrected chi connectivity index (χ3v) is 3.88. The van der Waals surface area contributed by atoms with Gasteiger partial charge in [-0.15, -0.1) is 0 Å². The summed E-state index contributed by atoms with van der Waals surface area (Å²) in [6.07, 6.45) is 3.34. The minimum Gasteiger partial charge on any atom is -0.375 e. The first-order valence-corrected chi connectivity index (χ1v) is 6.84. The summed E-state index contributed by atoms with van der Waals surface area (Å²) in [5.74, 6) is -0.0485. The number of amides is 1. The summed E-state index contributed by atoms with van der Waals surface area (Å²) in [5.41, 5.74) is 7.33. The quantitative estimate of drug-likeness (QED) is 0.892. The molecule has 1 saturated carbocycles. The Balaban J connectivity index is 2.10. The number of anilines is 2. The highest BCUT2D eigenvalue weighted by Crippen LogP contribution is 2.35. The molecule has 0 bridgehead atoms. The highest BCUT2D eigenvalue weighted by atomic mass is 35.5. The Kier molecular flexibility index (Phi) is 4.02. The van der Waals surface area contributed by atoms with Gasteiger partial charge < -0.3 is 16.0 Å². The van der Waals surface area contributed by atoms with Gasteiger partial charge in [-0.1, -0.05) is 17.7 Å². The number of benzene rings is 1. The van der Waals surface area contributed by atoms with Gasteiger partial charge in [-0.3, -0.25) is 4.79 Å². The van der Waals surface area contributed by atoms with Crippen LogP contribution in [0.5, 0.6) is 0 Å². The van der Waals surface area contributed by atoms with E-state index in [1.54, 1.807) is 0 Å². The van der Waals surface area contributed by atoms with Gasteiger partial charge in [0.1, 0.15) is 0 Å². The molecule has 2 rings (SSSR count). The molecule has 104 valence electrons. The number of para-hydroxylation sites is 1. The van der Waals surface area contributed by atoms with Crippen LogP contribution in [-0.2, 0) is 4.79 Å². The van der Waals surface area contributed by atoms with E-state index in [1.165, 1.54) is 0 Å². The van der Waals surface area contributed by atoms with E-state index >= 15 is 0 Å². The Morgan fingerprint density at radius 3 is 2.68 bits per heavy atom. The lowest BCUT2D eigenvalue weighted by Crippen LogP contribution is -2.49. The number of carbonyl (C=O) groups excluding carboxylic acids is 1. The number of carbonyl (C=O) groups is 1. The smallest absolute Gasteiger partial charge is 0.226 e. The third kappa shape index (κ3) is 3.19. The lowest BCUT2D eigenvalue weighted by Gasteiger charge is -2.37. The van der Waals surface area contributed by atoms with Gasteiger partial charge in [0.15, 0.2) is 0 Å². The number of nitrogens with one attached hydrogen (secondary N) is 1. The zero-order chi connectivity index (χ0) is 14.0. The van der Waals surface area contributed by atoms with Crippen molar-refractivity contribution in [3.05, 3.63) is 23.2 Å². The van der Waals surface area contributed by atoms with Crippen LogP contribution < -0.4 is 16.0 Å². The Bertz CT molecular complexity index is 484. The number of nitrogens with two attached hydrogens (primary N) is 1. The molecule has 1 fully saturated rings. The van der Waals surface area contributed by atoms with Gasteiger partial charge in [0.25, 0.3) is 0 Å². The predicted molar refractivity (Wildman–Crippen MR) is 79.8 cm³/mol. The van der Waals surface area contributed by atoms with Gasteiger partial charge >= 0.3 is 0 Å². The average molecular weight is 282 g/mol. The maximum Gasteiger partial charge on any atom is 0.226 e. The topological polar surface area (TPSA) is 58.4 Å². The summed E-state index contributed by atoms with van der Waals surface area (Å²) in [5, 5.41) is 3.53. The van der Waals surface area contributed by atoms with Crippen molar-refractivity contribution in [3.63, 3.8) is 0 Å². The predicted octanol–water partition coefficient (Wildman–Crippen LogP) is 2.62. The van der Waals surface area contributed by atoms with Gasteiger partial charge in [0.05, 0.1) is 16.4 Å². The molecule has 0 heterocycles. The van der Waals surface area contributed by atoms with Crippen molar-refractivity contribution >= 4 is 28.9 Å². The Hall–Kier alpha value is -1.26. The fourth-order valence-corrected chi connectivity index (χ4v) is 2.74. The van der Waals surface area contributed by atoms with Crippen molar-refractivity contribution in [1.82, 2.24) is 0 Å². The summed E-state index contributed by atoms with van der Waals surface area (Å²) < 4.78 is 0. The largest absolute Gasteiger partial charge is 0.375 e. The second-order valence-corrected chi connectivity index (χ2v) is 5.88. The van der Waals surface area contributed by atoms with E-state index in [0.29, 0.717) is 11.4 Å². The van der Waals surface area contributed by atoms with E-state index in [0.717, 1.165) is 30.6 Å². The van der Waals surface area contributed by atoms with Gasteiger partial charge in [-0.05, 0) is 31.4 Å². The SMILES string of the molecule is CN(C)c1c(Cl)cccc1NC(=O)CC1(N)CCC1. The first-order valence-electron chi connectivity index (χ1n) is 6.46. The van der Waals surface area contributed by atoms with Gasteiger partial charge in [-0.25, -0.2) is 0 Å². The van der Waals surface area contributed by atoms with Crippen LogP contribution in [0, 0.1) is 0 Å². The maximum absolute atomic E-state index is 12.1. The van der Waals surface area contributed by atoms with E-state index in [4.69, 9.17) is 17.3 Å². The molecule has 1 aromatic carbocycles. The molecular formula is C14H20ClN3O. The average Bonchev–Trinajstić information content (AvgIpc) is 2.26. The van der Waals surface area contributed by atoms with Crippen LogP contribution in [0.4, 0.5) is 11.4 Å². The molecule has 3 N–H and O–H groups in total. The summed E-state index contributed by atoms with van der Waals surface area (Å²) in [6.45, 7) is 0. The van der Waals surface area contributed by atoms with Crippen LogP contribution in [-0.4, -0.2) is 25.5 Å². The molecule has 0 atom stereocenters. The van der Waals surface area contributed by atoms with Crippen LogP contribution in [0.3, 0.4) is 0 Å². The monoisotopic (exact) mass is 281 g/mol. The summed E-state index contributed by atoms with van der Waals surface area (Å²) >= 11 is 6.16. The Morgan fingerprint density at radius 1 is 1.47 bits per heavy atom. The highest BCUT2D eigenvalue weighted by molar-refractivity contribution is 6.34. The molecule has 4 nitrogen and oxygen atoms in total. The molecular weight excluding hydrogens is 262 g/mol. The minimum atomic E-state index is -0.305. The van der Waals surface area contributed by atoms with Crippen LogP contribution in [0.2, 0.25) is 5.02 Å². The highest BCUT2D eigenvalue weighted by Gasteiger charge is 2.34. The molecule has 0 aromatic heterocycles. The van der Waals surface area contributed by atoms with Crippen molar-refractivity contribution in [3.8, 4) is 0 Å². The second kappa shape index (κ2) is 5.39. The number of rotatable bonds is 4. The fourth-order valence-electron chi connectivity index (χ4n) is 2.39. The molecule has 19 heavy (non-hydrogen) atoms. The minimum absolute atomic E-state index is 0.0485.